The van der Waals surface area contributed by atoms with Gasteiger partial charge in [0.25, 0.3) is 6.29 Å². The average molecular weight is 1200 g/mol. The van der Waals surface area contributed by atoms with Crippen molar-refractivity contribution in [2.45, 2.75) is 245 Å². The number of likely N-dealkylation sites (N-methyl/N-ethyl adjacent to an activating group) is 1. The molecule has 0 aliphatic heterocycles. The van der Waals surface area contributed by atoms with Gasteiger partial charge in [-0.2, -0.15) is 0 Å². The zero-order valence-corrected chi connectivity index (χ0v) is 55.6. The zero-order valence-electron chi connectivity index (χ0n) is 55.6. The van der Waals surface area contributed by atoms with Crippen LogP contribution in [0.3, 0.4) is 0 Å². The molecular formula is C78H124NO8+. The fourth-order valence-corrected chi connectivity index (χ4v) is 8.47. The Morgan fingerprint density at radius 3 is 0.977 bits per heavy atom. The third-order valence-corrected chi connectivity index (χ3v) is 13.6. The molecule has 0 saturated carbocycles. The normalized spacial score (nSPS) is 13.9. The summed E-state index contributed by atoms with van der Waals surface area (Å²) in [6, 6.07) is 0. The number of rotatable bonds is 60. The van der Waals surface area contributed by atoms with Crippen molar-refractivity contribution in [2.24, 2.45) is 0 Å². The van der Waals surface area contributed by atoms with Crippen LogP contribution in [0.1, 0.15) is 232 Å². The Morgan fingerprint density at radius 2 is 0.655 bits per heavy atom. The van der Waals surface area contributed by atoms with Gasteiger partial charge < -0.3 is 28.5 Å². The number of ether oxygens (including phenoxy) is 4. The quantitative estimate of drug-likeness (QED) is 0.0211. The molecule has 0 fully saturated rings. The van der Waals surface area contributed by atoms with Crippen molar-refractivity contribution in [2.75, 3.05) is 47.5 Å². The number of nitrogens with zero attached hydrogens (tertiary/aromatic N) is 1. The second-order valence-corrected chi connectivity index (χ2v) is 23.0. The predicted molar refractivity (Wildman–Crippen MR) is 372 cm³/mol. The van der Waals surface area contributed by atoms with E-state index in [1.54, 1.807) is 0 Å². The van der Waals surface area contributed by atoms with Crippen LogP contribution < -0.4 is 0 Å². The minimum atomic E-state index is -1.53. The smallest absolute Gasteiger partial charge is 0.361 e. The number of allylic oxidation sites excluding steroid dienone is 30. The standard InChI is InChI=1S/C78H123NO8/c1-6-8-10-12-14-16-18-20-22-24-26-28-29-30-31-32-33-34-35-36-37-38-39-40-41-42-43-44-45-46-47-49-51-53-55-57-59-61-63-65-67-69-76(81)87-74(73-86-78(77(82)83)84-71-70-79(3,4)5)72-85-75(80)68-66-64-62-60-58-56-54-52-50-48-27-25-23-21-19-17-15-13-11-9-7-2/h8,10,14,16,19-22,25-28,30-31,33-34,36-37,39-40,42-43,45-46,49-52,55,57,74,78H,6-7,9,11-13,15,17-18,23-24,29,32,35,38,41,44,47-48,53-54,56,58-73H2,1-5H3/p+1/b10-8-,16-14-,21-19-,22-20-,27-25-,28-26-,31-30-,34-33-,37-36-,40-39-,43-42-,46-45-,51-49-,52-50-,57-55-. The van der Waals surface area contributed by atoms with E-state index >= 15 is 0 Å². The topological polar surface area (TPSA) is 108 Å². The molecule has 9 heteroatoms. The van der Waals surface area contributed by atoms with Crippen LogP contribution >= 0.6 is 0 Å². The molecule has 488 valence electrons. The van der Waals surface area contributed by atoms with E-state index in [2.05, 4.69) is 196 Å². The van der Waals surface area contributed by atoms with E-state index in [-0.39, 0.29) is 38.6 Å². The molecule has 0 rings (SSSR count). The van der Waals surface area contributed by atoms with E-state index in [9.17, 15) is 19.5 Å². The van der Waals surface area contributed by atoms with Gasteiger partial charge >= 0.3 is 17.9 Å². The maximum atomic E-state index is 12.9. The molecule has 0 aromatic heterocycles. The summed E-state index contributed by atoms with van der Waals surface area (Å²) in [4.78, 5) is 37.5. The lowest BCUT2D eigenvalue weighted by atomic mass is 10.1. The molecule has 0 saturated heterocycles. The third kappa shape index (κ3) is 67.8. The molecule has 0 radical (unpaired) electrons. The number of hydrogen-bond donors (Lipinski definition) is 1. The number of unbranched alkanes of at least 4 members (excludes halogenated alkanes) is 15. The highest BCUT2D eigenvalue weighted by Crippen LogP contribution is 2.13. The molecule has 0 aliphatic rings. The minimum absolute atomic E-state index is 0.170. The molecule has 1 N–H and O–H groups in total. The van der Waals surface area contributed by atoms with Crippen molar-refractivity contribution in [3.05, 3.63) is 182 Å². The van der Waals surface area contributed by atoms with Crippen molar-refractivity contribution in [3.63, 3.8) is 0 Å². The summed E-state index contributed by atoms with van der Waals surface area (Å²) in [6.07, 6.45) is 98.5. The van der Waals surface area contributed by atoms with Gasteiger partial charge in [-0.25, -0.2) is 4.79 Å². The molecule has 0 aliphatic carbocycles. The summed E-state index contributed by atoms with van der Waals surface area (Å²) in [6.45, 7) is 4.68. The van der Waals surface area contributed by atoms with Gasteiger partial charge in [0.15, 0.2) is 6.10 Å². The third-order valence-electron chi connectivity index (χ3n) is 13.6. The van der Waals surface area contributed by atoms with Crippen LogP contribution in [0.2, 0.25) is 0 Å². The van der Waals surface area contributed by atoms with E-state index in [1.807, 2.05) is 21.1 Å². The summed E-state index contributed by atoms with van der Waals surface area (Å²) in [5.41, 5.74) is 0. The fourth-order valence-electron chi connectivity index (χ4n) is 8.47. The summed E-state index contributed by atoms with van der Waals surface area (Å²) in [5.74, 6) is -2.08. The molecule has 2 unspecified atom stereocenters. The van der Waals surface area contributed by atoms with Gasteiger partial charge in [0.1, 0.15) is 13.2 Å². The first-order valence-electron chi connectivity index (χ1n) is 33.9. The van der Waals surface area contributed by atoms with Crippen molar-refractivity contribution < 1.29 is 42.9 Å². The van der Waals surface area contributed by atoms with Crippen LogP contribution in [0.25, 0.3) is 0 Å². The van der Waals surface area contributed by atoms with Crippen LogP contribution in [0.15, 0.2) is 182 Å². The Morgan fingerprint density at radius 1 is 0.356 bits per heavy atom. The van der Waals surface area contributed by atoms with Gasteiger partial charge in [0.2, 0.25) is 0 Å². The second kappa shape index (κ2) is 66.3. The molecule has 0 aromatic rings. The van der Waals surface area contributed by atoms with E-state index in [0.717, 1.165) is 154 Å². The minimum Gasteiger partial charge on any atom is -0.477 e. The van der Waals surface area contributed by atoms with Gasteiger partial charge in [0.05, 0.1) is 34.4 Å². The van der Waals surface area contributed by atoms with Crippen molar-refractivity contribution in [1.29, 1.82) is 0 Å². The highest BCUT2D eigenvalue weighted by atomic mass is 16.7. The van der Waals surface area contributed by atoms with Crippen molar-refractivity contribution in [1.82, 2.24) is 0 Å². The van der Waals surface area contributed by atoms with Gasteiger partial charge in [-0.15, -0.1) is 0 Å². The molecule has 0 heterocycles. The van der Waals surface area contributed by atoms with Crippen molar-refractivity contribution >= 4 is 17.9 Å². The lowest BCUT2D eigenvalue weighted by Crippen LogP contribution is -2.40. The first-order chi connectivity index (χ1) is 42.6. The maximum Gasteiger partial charge on any atom is 0.361 e. The van der Waals surface area contributed by atoms with E-state index in [4.69, 9.17) is 18.9 Å². The molecule has 0 spiro atoms. The average Bonchev–Trinajstić information content (AvgIpc) is 3.59. The SMILES string of the molecule is CC/C=C\C/C=C\C/C=C\C/C=C\C/C=C\C/C=C\C/C=C\C/C=C\C/C=C\C/C=C\C/C=C\C/C=C\CCCCCCC(=O)OC(COC(=O)CCCCCCCC/C=C\C/C=C\C/C=C\CCCCCCC)COC(OCC[N+](C)(C)C)C(=O)O. The van der Waals surface area contributed by atoms with E-state index in [1.165, 1.54) is 44.9 Å². The monoisotopic (exact) mass is 1200 g/mol. The van der Waals surface area contributed by atoms with Crippen molar-refractivity contribution in [3.8, 4) is 0 Å². The zero-order chi connectivity index (χ0) is 63.3. The molecule has 87 heavy (non-hydrogen) atoms. The predicted octanol–water partition coefficient (Wildman–Crippen LogP) is 21.2. The van der Waals surface area contributed by atoms with Gasteiger partial charge in [-0.05, 0) is 141 Å². The number of aliphatic carboxylic acids is 1. The van der Waals surface area contributed by atoms with E-state index in [0.29, 0.717) is 17.4 Å². The highest BCUT2D eigenvalue weighted by molar-refractivity contribution is 5.71. The van der Waals surface area contributed by atoms with Gasteiger partial charge in [-0.3, -0.25) is 9.59 Å². The summed E-state index contributed by atoms with van der Waals surface area (Å²) in [7, 11) is 5.94. The molecule has 2 atom stereocenters. The number of esters is 2. The lowest BCUT2D eigenvalue weighted by molar-refractivity contribution is -0.870. The fraction of sp³-hybridized carbons (Fsp3) is 0.577. The Hall–Kier alpha value is -5.61. The molecule has 0 amide bonds. The number of carbonyl (C=O) groups excluding carboxylic acids is 2. The molecule has 0 bridgehead atoms. The van der Waals surface area contributed by atoms with Crippen LogP contribution in [0, 0.1) is 0 Å². The molecule has 9 nitrogen and oxygen atoms in total. The number of carbonyl (C=O) groups is 3. The van der Waals surface area contributed by atoms with Gasteiger partial charge in [0, 0.05) is 12.8 Å². The first-order valence-corrected chi connectivity index (χ1v) is 33.9. The second-order valence-electron chi connectivity index (χ2n) is 23.0. The van der Waals surface area contributed by atoms with Crippen LogP contribution in [0.5, 0.6) is 0 Å². The number of carboxylic acids is 1. The summed E-state index contributed by atoms with van der Waals surface area (Å²) >= 11 is 0. The Labute approximate surface area is 532 Å². The van der Waals surface area contributed by atoms with Crippen LogP contribution in [0.4, 0.5) is 0 Å². The summed E-state index contributed by atoms with van der Waals surface area (Å²) in [5, 5.41) is 9.73. The van der Waals surface area contributed by atoms with Gasteiger partial charge in [-0.1, -0.05) is 260 Å². The summed E-state index contributed by atoms with van der Waals surface area (Å²) < 4.78 is 22.9. The maximum absolute atomic E-state index is 12.9. The number of carboxylic acid groups (broad SMARTS) is 1. The molecular weight excluding hydrogens is 1080 g/mol. The Kier molecular flexibility index (Phi) is 62.1. The number of quaternary nitrogens is 1. The van der Waals surface area contributed by atoms with E-state index < -0.39 is 24.3 Å². The Bertz CT molecular complexity index is 2080. The Balaban J connectivity index is 4.28. The first kappa shape index (κ1) is 81.4. The molecule has 0 aromatic carbocycles. The lowest BCUT2D eigenvalue weighted by Gasteiger charge is -2.25. The number of hydrogen-bond acceptors (Lipinski definition) is 7. The largest absolute Gasteiger partial charge is 0.477 e. The van der Waals surface area contributed by atoms with Crippen LogP contribution in [-0.2, 0) is 33.3 Å². The highest BCUT2D eigenvalue weighted by Gasteiger charge is 2.25. The van der Waals surface area contributed by atoms with Crippen LogP contribution in [-0.4, -0.2) is 87.4 Å².